The van der Waals surface area contributed by atoms with Gasteiger partial charge in [-0.25, -0.2) is 4.99 Å². The van der Waals surface area contributed by atoms with E-state index in [1.165, 1.54) is 12.1 Å². The van der Waals surface area contributed by atoms with Crippen molar-refractivity contribution in [1.29, 1.82) is 0 Å². The second-order valence-corrected chi connectivity index (χ2v) is 6.00. The first kappa shape index (κ1) is 18.3. The Morgan fingerprint density at radius 3 is 2.46 bits per heavy atom. The van der Waals surface area contributed by atoms with Crippen molar-refractivity contribution in [3.05, 3.63) is 71.3 Å². The maximum absolute atomic E-state index is 13.4. The molecule has 0 aliphatic carbocycles. The molecular formula is C19H15F3N2OS. The number of hydrogen-bond donors (Lipinski definition) is 0. The van der Waals surface area contributed by atoms with Crippen LogP contribution in [0.4, 0.5) is 13.2 Å². The van der Waals surface area contributed by atoms with Gasteiger partial charge in [-0.05, 0) is 23.8 Å². The van der Waals surface area contributed by atoms with Gasteiger partial charge in [0.1, 0.15) is 6.10 Å². The zero-order valence-electron chi connectivity index (χ0n) is 13.6. The third-order valence-corrected chi connectivity index (χ3v) is 4.34. The molecule has 1 aliphatic rings. The first-order valence-electron chi connectivity index (χ1n) is 8.01. The fraction of sp³-hybridized carbons (Fsp3) is 0.263. The average Bonchev–Trinajstić information content (AvgIpc) is 3.06. The van der Waals surface area contributed by atoms with E-state index in [4.69, 9.17) is 4.84 Å². The summed E-state index contributed by atoms with van der Waals surface area (Å²) in [6, 6.07) is 14.7. The summed E-state index contributed by atoms with van der Waals surface area (Å²) in [4.78, 5) is 9.37. The normalized spacial score (nSPS) is 19.4. The number of oxime groups is 1. The molecule has 0 saturated heterocycles. The van der Waals surface area contributed by atoms with Crippen LogP contribution in [-0.2, 0) is 11.0 Å². The standard InChI is InChI=1S/C19H15F3N2OS/c20-19(21,22)15-9-5-4-8-14(15)18-17(13-6-2-1-3-7-13)16(25-24-18)10-11-23-12-26/h1-9,16-17H,10-11H2. The fourth-order valence-electron chi connectivity index (χ4n) is 3.08. The second-order valence-electron chi connectivity index (χ2n) is 5.81. The molecule has 2 unspecified atom stereocenters. The fourth-order valence-corrected chi connectivity index (χ4v) is 3.17. The zero-order valence-corrected chi connectivity index (χ0v) is 14.4. The Morgan fingerprint density at radius 2 is 1.77 bits per heavy atom. The minimum absolute atomic E-state index is 0.0367. The summed E-state index contributed by atoms with van der Waals surface area (Å²) in [5.74, 6) is -0.417. The molecule has 3 nitrogen and oxygen atoms in total. The number of isothiocyanates is 1. The molecule has 2 aromatic rings. The van der Waals surface area contributed by atoms with Crippen molar-refractivity contribution in [3.63, 3.8) is 0 Å². The lowest BCUT2D eigenvalue weighted by Gasteiger charge is -2.20. The van der Waals surface area contributed by atoms with Gasteiger partial charge in [-0.2, -0.15) is 13.2 Å². The minimum Gasteiger partial charge on any atom is -0.391 e. The van der Waals surface area contributed by atoms with E-state index >= 15 is 0 Å². The predicted molar refractivity (Wildman–Crippen MR) is 96.5 cm³/mol. The van der Waals surface area contributed by atoms with Crippen LogP contribution in [0.5, 0.6) is 0 Å². The number of aliphatic imine (C=N–C) groups is 1. The van der Waals surface area contributed by atoms with Crippen LogP contribution in [0.2, 0.25) is 0 Å². The molecule has 7 heteroatoms. The number of rotatable bonds is 5. The molecule has 1 aliphatic heterocycles. The maximum Gasteiger partial charge on any atom is 0.417 e. The molecule has 0 spiro atoms. The highest BCUT2D eigenvalue weighted by Crippen LogP contribution is 2.39. The first-order valence-corrected chi connectivity index (χ1v) is 8.42. The van der Waals surface area contributed by atoms with E-state index in [9.17, 15) is 13.2 Å². The Labute approximate surface area is 154 Å². The number of nitrogens with zero attached hydrogens (tertiary/aromatic N) is 2. The van der Waals surface area contributed by atoms with Crippen LogP contribution in [0.1, 0.15) is 29.0 Å². The molecule has 3 rings (SSSR count). The Balaban J connectivity index is 2.02. The summed E-state index contributed by atoms with van der Waals surface area (Å²) in [7, 11) is 0. The van der Waals surface area contributed by atoms with Crippen molar-refractivity contribution in [2.24, 2.45) is 10.1 Å². The van der Waals surface area contributed by atoms with E-state index in [2.05, 4.69) is 27.5 Å². The van der Waals surface area contributed by atoms with E-state index in [1.54, 1.807) is 6.07 Å². The van der Waals surface area contributed by atoms with Crippen LogP contribution < -0.4 is 0 Å². The number of benzene rings is 2. The Morgan fingerprint density at radius 1 is 1.08 bits per heavy atom. The van der Waals surface area contributed by atoms with Gasteiger partial charge in [-0.1, -0.05) is 53.7 Å². The van der Waals surface area contributed by atoms with Gasteiger partial charge < -0.3 is 4.84 Å². The Kier molecular flexibility index (Phi) is 5.49. The molecule has 26 heavy (non-hydrogen) atoms. The van der Waals surface area contributed by atoms with Crippen LogP contribution in [0.25, 0.3) is 0 Å². The van der Waals surface area contributed by atoms with Crippen LogP contribution in [0.3, 0.4) is 0 Å². The summed E-state index contributed by atoms with van der Waals surface area (Å²) in [6.45, 7) is 0.376. The third kappa shape index (κ3) is 3.84. The third-order valence-electron chi connectivity index (χ3n) is 4.21. The van der Waals surface area contributed by atoms with Crippen molar-refractivity contribution in [1.82, 2.24) is 0 Å². The van der Waals surface area contributed by atoms with Crippen molar-refractivity contribution >= 4 is 23.1 Å². The second kappa shape index (κ2) is 7.81. The molecule has 0 fully saturated rings. The van der Waals surface area contributed by atoms with Crippen LogP contribution in [0.15, 0.2) is 64.7 Å². The molecule has 0 saturated carbocycles. The molecular weight excluding hydrogens is 361 g/mol. The Bertz CT molecular complexity index is 845. The van der Waals surface area contributed by atoms with Gasteiger partial charge in [0.05, 0.1) is 28.9 Å². The van der Waals surface area contributed by atoms with E-state index in [1.807, 2.05) is 30.3 Å². The lowest BCUT2D eigenvalue weighted by atomic mass is 9.83. The smallest absolute Gasteiger partial charge is 0.391 e. The van der Waals surface area contributed by atoms with Gasteiger partial charge in [-0.15, -0.1) is 0 Å². The molecule has 1 heterocycles. The van der Waals surface area contributed by atoms with Gasteiger partial charge >= 0.3 is 6.18 Å². The number of alkyl halides is 3. The van der Waals surface area contributed by atoms with Gasteiger partial charge in [-0.3, -0.25) is 0 Å². The predicted octanol–water partition coefficient (Wildman–Crippen LogP) is 5.09. The molecule has 0 aromatic heterocycles. The maximum atomic E-state index is 13.4. The number of thiocarbonyl (C=S) groups is 1. The van der Waals surface area contributed by atoms with Gasteiger partial charge in [0, 0.05) is 12.0 Å². The van der Waals surface area contributed by atoms with Crippen molar-refractivity contribution in [2.45, 2.75) is 24.6 Å². The molecule has 0 amide bonds. The van der Waals surface area contributed by atoms with Crippen molar-refractivity contribution < 1.29 is 18.0 Å². The molecule has 0 N–H and O–H groups in total. The molecule has 2 aromatic carbocycles. The summed E-state index contributed by atoms with van der Waals surface area (Å²) in [5, 5.41) is 6.31. The molecule has 2 atom stereocenters. The Hall–Kier alpha value is -2.50. The van der Waals surface area contributed by atoms with E-state index in [0.717, 1.165) is 11.6 Å². The van der Waals surface area contributed by atoms with Gasteiger partial charge in [0.2, 0.25) is 0 Å². The highest BCUT2D eigenvalue weighted by atomic mass is 32.1. The topological polar surface area (TPSA) is 34.0 Å². The molecule has 134 valence electrons. The quantitative estimate of drug-likeness (QED) is 0.538. The van der Waals surface area contributed by atoms with Crippen LogP contribution >= 0.6 is 12.2 Å². The van der Waals surface area contributed by atoms with E-state index in [0.29, 0.717) is 13.0 Å². The number of halogens is 3. The summed E-state index contributed by atoms with van der Waals surface area (Å²) in [6.07, 6.45) is -4.41. The average molecular weight is 376 g/mol. The lowest BCUT2D eigenvalue weighted by Crippen LogP contribution is -2.24. The summed E-state index contributed by atoms with van der Waals surface area (Å²) in [5.41, 5.74) is 0.438. The largest absolute Gasteiger partial charge is 0.417 e. The zero-order chi connectivity index (χ0) is 18.6. The van der Waals surface area contributed by atoms with Gasteiger partial charge in [0.25, 0.3) is 0 Å². The van der Waals surface area contributed by atoms with Gasteiger partial charge in [0.15, 0.2) is 0 Å². The highest BCUT2D eigenvalue weighted by Gasteiger charge is 2.41. The lowest BCUT2D eigenvalue weighted by molar-refractivity contribution is -0.137. The SMILES string of the molecule is FC(F)(F)c1ccccc1C1=NOC(CCN=C=S)C1c1ccccc1. The van der Waals surface area contributed by atoms with Crippen LogP contribution in [-0.4, -0.2) is 23.5 Å². The highest BCUT2D eigenvalue weighted by molar-refractivity contribution is 7.78. The summed E-state index contributed by atoms with van der Waals surface area (Å²) >= 11 is 4.56. The summed E-state index contributed by atoms with van der Waals surface area (Å²) < 4.78 is 40.3. The monoisotopic (exact) mass is 376 g/mol. The van der Waals surface area contributed by atoms with Crippen molar-refractivity contribution in [3.8, 4) is 0 Å². The minimum atomic E-state index is -4.47. The van der Waals surface area contributed by atoms with E-state index in [-0.39, 0.29) is 11.3 Å². The number of hydrogen-bond acceptors (Lipinski definition) is 4. The molecule has 0 radical (unpaired) electrons. The van der Waals surface area contributed by atoms with Crippen LogP contribution in [0, 0.1) is 0 Å². The van der Waals surface area contributed by atoms with E-state index < -0.39 is 23.8 Å². The molecule has 0 bridgehead atoms. The van der Waals surface area contributed by atoms with Crippen molar-refractivity contribution in [2.75, 3.05) is 6.54 Å². The first-order chi connectivity index (χ1) is 12.5.